The lowest BCUT2D eigenvalue weighted by Crippen LogP contribution is -2.16. The van der Waals surface area contributed by atoms with Crippen LogP contribution in [-0.4, -0.2) is 0 Å². The van der Waals surface area contributed by atoms with Gasteiger partial charge in [0, 0.05) is 22.5 Å². The molecule has 1 heteroatoms. The standard InChI is InChI=1S/C63H49N/c1-5-18-44(6-2)46-27-31-50(32-28-46)55-38-35-52(41-59(55)48-21-12-8-13-22-48)64(54-37-40-58-57-25-16-17-26-61(57)63(3,4)62(58)43-54)53-36-39-56(60(42-53)49-23-14-9-15-24-49)51-33-29-47(30-34-51)45-19-10-7-11-20-45/h5-43H,1-2H2,3-4H3/b44-18+. The van der Waals surface area contributed by atoms with Gasteiger partial charge in [-0.2, -0.15) is 0 Å². The molecule has 0 bridgehead atoms. The van der Waals surface area contributed by atoms with E-state index in [9.17, 15) is 0 Å². The molecule has 0 unspecified atom stereocenters. The first-order chi connectivity index (χ1) is 31.4. The number of hydrogen-bond donors (Lipinski definition) is 0. The van der Waals surface area contributed by atoms with E-state index < -0.39 is 0 Å². The van der Waals surface area contributed by atoms with Crippen molar-refractivity contribution in [3.63, 3.8) is 0 Å². The minimum atomic E-state index is -0.157. The summed E-state index contributed by atoms with van der Waals surface area (Å²) in [6, 6.07) is 79.8. The zero-order chi connectivity index (χ0) is 43.6. The zero-order valence-electron chi connectivity index (χ0n) is 36.4. The first kappa shape index (κ1) is 40.1. The van der Waals surface area contributed by atoms with E-state index in [1.165, 1.54) is 61.2 Å². The van der Waals surface area contributed by atoms with Gasteiger partial charge in [0.1, 0.15) is 0 Å². The van der Waals surface area contributed by atoms with Crippen LogP contribution >= 0.6 is 0 Å². The maximum atomic E-state index is 4.04. The Kier molecular flexibility index (Phi) is 10.7. The van der Waals surface area contributed by atoms with Crippen molar-refractivity contribution in [3.05, 3.63) is 266 Å². The fourth-order valence-electron chi connectivity index (χ4n) is 9.56. The van der Waals surface area contributed by atoms with Crippen LogP contribution in [0.15, 0.2) is 250 Å². The highest BCUT2D eigenvalue weighted by atomic mass is 15.1. The second kappa shape index (κ2) is 17.0. The monoisotopic (exact) mass is 819 g/mol. The Morgan fingerprint density at radius 1 is 0.375 bits per heavy atom. The summed E-state index contributed by atoms with van der Waals surface area (Å²) in [5.41, 5.74) is 22.3. The summed E-state index contributed by atoms with van der Waals surface area (Å²) in [7, 11) is 0. The molecule has 1 aliphatic carbocycles. The largest absolute Gasteiger partial charge is 0.310 e. The lowest BCUT2D eigenvalue weighted by molar-refractivity contribution is 0.660. The molecule has 0 atom stereocenters. The summed E-state index contributed by atoms with van der Waals surface area (Å²) < 4.78 is 0. The van der Waals surface area contributed by atoms with Gasteiger partial charge in [-0.1, -0.05) is 227 Å². The number of hydrogen-bond acceptors (Lipinski definition) is 1. The molecule has 64 heavy (non-hydrogen) atoms. The van der Waals surface area contributed by atoms with Gasteiger partial charge in [0.15, 0.2) is 0 Å². The molecule has 1 aliphatic rings. The molecule has 306 valence electrons. The summed E-state index contributed by atoms with van der Waals surface area (Å²) in [6.07, 6.45) is 5.69. The average molecular weight is 820 g/mol. The molecule has 0 N–H and O–H groups in total. The fraction of sp³-hybridized carbons (Fsp3) is 0.0476. The minimum Gasteiger partial charge on any atom is -0.310 e. The Balaban J connectivity index is 1.16. The van der Waals surface area contributed by atoms with Gasteiger partial charge in [-0.25, -0.2) is 0 Å². The number of allylic oxidation sites excluding steroid dienone is 4. The van der Waals surface area contributed by atoms with E-state index in [-0.39, 0.29) is 5.41 Å². The lowest BCUT2D eigenvalue weighted by Gasteiger charge is -2.30. The van der Waals surface area contributed by atoms with Crippen molar-refractivity contribution < 1.29 is 0 Å². The van der Waals surface area contributed by atoms with Crippen molar-refractivity contribution >= 4 is 22.6 Å². The highest BCUT2D eigenvalue weighted by Gasteiger charge is 2.36. The highest BCUT2D eigenvalue weighted by Crippen LogP contribution is 2.51. The molecule has 0 aromatic heterocycles. The topological polar surface area (TPSA) is 3.24 Å². The molecule has 9 aromatic rings. The minimum absolute atomic E-state index is 0.157. The molecule has 0 spiro atoms. The first-order valence-electron chi connectivity index (χ1n) is 22.1. The van der Waals surface area contributed by atoms with Gasteiger partial charge in [-0.3, -0.25) is 0 Å². The van der Waals surface area contributed by atoms with E-state index in [2.05, 4.69) is 250 Å². The van der Waals surface area contributed by atoms with Crippen LogP contribution in [0.25, 0.3) is 72.3 Å². The van der Waals surface area contributed by atoms with E-state index >= 15 is 0 Å². The summed E-state index contributed by atoms with van der Waals surface area (Å²) in [5.74, 6) is 0. The quantitative estimate of drug-likeness (QED) is 0.118. The van der Waals surface area contributed by atoms with E-state index in [0.717, 1.165) is 44.9 Å². The van der Waals surface area contributed by atoms with Crippen LogP contribution in [0, 0.1) is 0 Å². The van der Waals surface area contributed by atoms with Gasteiger partial charge in [-0.15, -0.1) is 0 Å². The van der Waals surface area contributed by atoms with E-state index in [1.54, 1.807) is 0 Å². The van der Waals surface area contributed by atoms with Crippen LogP contribution < -0.4 is 4.90 Å². The Morgan fingerprint density at radius 3 is 1.31 bits per heavy atom. The van der Waals surface area contributed by atoms with Gasteiger partial charge in [-0.05, 0) is 125 Å². The molecule has 10 rings (SSSR count). The number of rotatable bonds is 11. The van der Waals surface area contributed by atoms with Gasteiger partial charge in [0.25, 0.3) is 0 Å². The first-order valence-corrected chi connectivity index (χ1v) is 22.1. The van der Waals surface area contributed by atoms with Crippen molar-refractivity contribution in [2.75, 3.05) is 4.90 Å². The Bertz CT molecular complexity index is 3170. The van der Waals surface area contributed by atoms with Gasteiger partial charge in [0.2, 0.25) is 0 Å². The lowest BCUT2D eigenvalue weighted by atomic mass is 9.82. The fourth-order valence-corrected chi connectivity index (χ4v) is 9.56. The average Bonchev–Trinajstić information content (AvgIpc) is 3.59. The molecule has 0 aliphatic heterocycles. The zero-order valence-corrected chi connectivity index (χ0v) is 36.4. The second-order valence-corrected chi connectivity index (χ2v) is 17.0. The van der Waals surface area contributed by atoms with Crippen LogP contribution in [0.3, 0.4) is 0 Å². The summed E-state index contributed by atoms with van der Waals surface area (Å²) >= 11 is 0. The molecule has 0 heterocycles. The van der Waals surface area contributed by atoms with E-state index in [1.807, 2.05) is 18.2 Å². The Labute approximate surface area is 378 Å². The third-order valence-corrected chi connectivity index (χ3v) is 12.9. The predicted molar refractivity (Wildman–Crippen MR) is 274 cm³/mol. The molecule has 0 radical (unpaired) electrons. The molecular weight excluding hydrogens is 771 g/mol. The van der Waals surface area contributed by atoms with Crippen molar-refractivity contribution in [2.45, 2.75) is 19.3 Å². The molecule has 0 fully saturated rings. The highest BCUT2D eigenvalue weighted by molar-refractivity contribution is 5.93. The number of fused-ring (bicyclic) bond motifs is 3. The van der Waals surface area contributed by atoms with E-state index in [0.29, 0.717) is 0 Å². The van der Waals surface area contributed by atoms with Crippen LogP contribution in [0.1, 0.15) is 30.5 Å². The molecular formula is C63H49N. The van der Waals surface area contributed by atoms with Crippen molar-refractivity contribution in [2.24, 2.45) is 0 Å². The normalized spacial score (nSPS) is 12.6. The maximum absolute atomic E-state index is 4.04. The summed E-state index contributed by atoms with van der Waals surface area (Å²) in [5, 5.41) is 0. The molecule has 1 nitrogen and oxygen atoms in total. The van der Waals surface area contributed by atoms with Crippen molar-refractivity contribution in [3.8, 4) is 66.8 Å². The Hall–Kier alpha value is -8.00. The molecule has 0 amide bonds. The second-order valence-electron chi connectivity index (χ2n) is 17.0. The summed E-state index contributed by atoms with van der Waals surface area (Å²) in [6.45, 7) is 12.7. The van der Waals surface area contributed by atoms with Crippen LogP contribution in [-0.2, 0) is 5.41 Å². The van der Waals surface area contributed by atoms with Gasteiger partial charge < -0.3 is 4.90 Å². The predicted octanol–water partition coefficient (Wildman–Crippen LogP) is 17.6. The molecule has 0 saturated heterocycles. The van der Waals surface area contributed by atoms with Crippen molar-refractivity contribution in [1.82, 2.24) is 0 Å². The molecule has 0 saturated carbocycles. The third kappa shape index (κ3) is 7.42. The number of benzene rings is 9. The van der Waals surface area contributed by atoms with Crippen molar-refractivity contribution in [1.29, 1.82) is 0 Å². The maximum Gasteiger partial charge on any atom is 0.0468 e. The van der Waals surface area contributed by atoms with Crippen LogP contribution in [0.4, 0.5) is 17.1 Å². The third-order valence-electron chi connectivity index (χ3n) is 12.9. The SMILES string of the molecule is C=C/C=C(\C=C)c1ccc(-c2ccc(N(c3ccc(-c4ccc(-c5ccccc5)cc4)c(-c4ccccc4)c3)c3ccc4c(c3)C(C)(C)c3ccccc3-4)cc2-c2ccccc2)cc1. The van der Waals surface area contributed by atoms with Gasteiger partial charge in [0.05, 0.1) is 0 Å². The smallest absolute Gasteiger partial charge is 0.0468 e. The molecule has 9 aromatic carbocycles. The summed E-state index contributed by atoms with van der Waals surface area (Å²) in [4.78, 5) is 2.45. The number of nitrogens with zero attached hydrogens (tertiary/aromatic N) is 1. The van der Waals surface area contributed by atoms with Crippen LogP contribution in [0.2, 0.25) is 0 Å². The number of anilines is 3. The van der Waals surface area contributed by atoms with E-state index in [4.69, 9.17) is 0 Å². The van der Waals surface area contributed by atoms with Gasteiger partial charge >= 0.3 is 0 Å². The van der Waals surface area contributed by atoms with Crippen LogP contribution in [0.5, 0.6) is 0 Å². The Morgan fingerprint density at radius 2 is 0.781 bits per heavy atom.